The molecule has 0 saturated carbocycles. The van der Waals surface area contributed by atoms with Gasteiger partial charge >= 0.3 is 0 Å². The number of nitrogens with one attached hydrogen (secondary N) is 2. The number of hydrogen-bond donors (Lipinski definition) is 2. The second-order valence-corrected chi connectivity index (χ2v) is 5.38. The van der Waals surface area contributed by atoms with Crippen LogP contribution in [-0.2, 0) is 0 Å². The number of hydrogen-bond acceptors (Lipinski definition) is 2. The zero-order chi connectivity index (χ0) is 13.8. The average molecular weight is 433 g/mol. The second kappa shape index (κ2) is 17.7. The molecule has 0 aliphatic rings. The first kappa shape index (κ1) is 25.6. The van der Waals surface area contributed by atoms with E-state index < -0.39 is 0 Å². The molecule has 0 saturated heterocycles. The summed E-state index contributed by atoms with van der Waals surface area (Å²) in [4.78, 5) is 7.80. The maximum atomic E-state index is 4.65. The largest absolute Gasteiger partial charge is 1.00 e. The first-order valence-corrected chi connectivity index (χ1v) is 8.18. The lowest BCUT2D eigenvalue weighted by Crippen LogP contribution is -3.14. The van der Waals surface area contributed by atoms with E-state index in [0.29, 0.717) is 0 Å². The summed E-state index contributed by atoms with van der Waals surface area (Å²) in [6.07, 6.45) is 1.87. The van der Waals surface area contributed by atoms with Crippen LogP contribution in [0.4, 0.5) is 0 Å². The molecule has 0 rings (SSSR count). The van der Waals surface area contributed by atoms with Gasteiger partial charge in [0.15, 0.2) is 0 Å². The van der Waals surface area contributed by atoms with E-state index in [0.717, 1.165) is 25.4 Å². The molecule has 0 amide bonds. The average Bonchev–Trinajstić information content (AvgIpc) is 2.41. The third-order valence-electron chi connectivity index (χ3n) is 3.21. The lowest BCUT2D eigenvalue weighted by atomic mass is 10.5. The number of quaternary nitrogens is 2. The molecule has 0 unspecified atom stereocenters. The van der Waals surface area contributed by atoms with E-state index in [4.69, 9.17) is 0 Å². The summed E-state index contributed by atoms with van der Waals surface area (Å²) in [5.74, 6) is 1.16. The molecule has 0 fully saturated rings. The van der Waals surface area contributed by atoms with Gasteiger partial charge in [0.2, 0.25) is 0 Å². The summed E-state index contributed by atoms with van der Waals surface area (Å²) in [6.45, 7) is 19.3. The fraction of sp³-hybridized carbons (Fsp3) is 0.786. The van der Waals surface area contributed by atoms with Gasteiger partial charge in [0.25, 0.3) is 5.17 Å². The van der Waals surface area contributed by atoms with Crippen molar-refractivity contribution in [2.75, 3.05) is 45.0 Å². The van der Waals surface area contributed by atoms with E-state index in [-0.39, 0.29) is 34.0 Å². The molecule has 2 N–H and O–H groups in total. The Labute approximate surface area is 150 Å². The number of thioether (sulfide) groups is 1. The Morgan fingerprint density at radius 2 is 1.60 bits per heavy atom. The molecule has 0 atom stereocenters. The lowest BCUT2D eigenvalue weighted by molar-refractivity contribution is -0.893. The summed E-state index contributed by atoms with van der Waals surface area (Å²) >= 11 is 1.92. The van der Waals surface area contributed by atoms with Gasteiger partial charge in [-0.15, -0.1) is 6.58 Å². The van der Waals surface area contributed by atoms with E-state index in [9.17, 15) is 0 Å². The van der Waals surface area contributed by atoms with Crippen LogP contribution in [0.2, 0.25) is 0 Å². The van der Waals surface area contributed by atoms with Crippen molar-refractivity contribution in [3.8, 4) is 0 Å². The van der Waals surface area contributed by atoms with Crippen LogP contribution in [0.5, 0.6) is 0 Å². The minimum Gasteiger partial charge on any atom is -1.00 e. The number of nitrogens with zero attached hydrogens (tertiary/aromatic N) is 1. The molecule has 0 heterocycles. The Hall–Kier alpha value is 0.640. The molecule has 0 radical (unpaired) electrons. The SMILES string of the molecule is C=CCN=C(SCC[NH+](CC)CC)[NH+](CC)CC.[Br-].[Br-]. The van der Waals surface area contributed by atoms with E-state index in [2.05, 4.69) is 39.3 Å². The van der Waals surface area contributed by atoms with Crippen molar-refractivity contribution >= 4 is 16.9 Å². The van der Waals surface area contributed by atoms with Crippen LogP contribution in [-0.4, -0.2) is 50.2 Å². The molecule has 3 nitrogen and oxygen atoms in total. The quantitative estimate of drug-likeness (QED) is 0.211. The molecule has 0 aromatic heterocycles. The van der Waals surface area contributed by atoms with Gasteiger partial charge in [0, 0.05) is 0 Å². The Bertz CT molecular complexity index is 243. The Morgan fingerprint density at radius 1 is 1.05 bits per heavy atom. The van der Waals surface area contributed by atoms with Crippen LogP contribution >= 0.6 is 11.8 Å². The van der Waals surface area contributed by atoms with Crippen molar-refractivity contribution in [1.82, 2.24) is 0 Å². The highest BCUT2D eigenvalue weighted by molar-refractivity contribution is 8.13. The maximum Gasteiger partial charge on any atom is 0.257 e. The highest BCUT2D eigenvalue weighted by Gasteiger charge is 2.14. The fourth-order valence-corrected chi connectivity index (χ4v) is 3.10. The van der Waals surface area contributed by atoms with Gasteiger partial charge in [-0.1, -0.05) is 6.08 Å². The normalized spacial score (nSPS) is 11.2. The highest BCUT2D eigenvalue weighted by Crippen LogP contribution is 1.97. The van der Waals surface area contributed by atoms with Crippen LogP contribution < -0.4 is 43.8 Å². The third-order valence-corrected chi connectivity index (χ3v) is 4.31. The smallest absolute Gasteiger partial charge is 0.257 e. The second-order valence-electron chi connectivity index (χ2n) is 4.30. The first-order valence-electron chi connectivity index (χ1n) is 7.20. The van der Waals surface area contributed by atoms with Crippen LogP contribution in [0.25, 0.3) is 0 Å². The van der Waals surface area contributed by atoms with E-state index in [1.165, 1.54) is 29.7 Å². The van der Waals surface area contributed by atoms with Crippen molar-refractivity contribution in [2.45, 2.75) is 27.7 Å². The summed E-state index contributed by atoms with van der Waals surface area (Å²) < 4.78 is 0. The molecule has 0 bridgehead atoms. The monoisotopic (exact) mass is 431 g/mol. The molecular weight excluding hydrogens is 402 g/mol. The fourth-order valence-electron chi connectivity index (χ4n) is 1.86. The van der Waals surface area contributed by atoms with Gasteiger partial charge in [-0.05, 0) is 39.5 Å². The van der Waals surface area contributed by atoms with Crippen LogP contribution in [0.15, 0.2) is 17.6 Å². The van der Waals surface area contributed by atoms with Crippen molar-refractivity contribution in [3.63, 3.8) is 0 Å². The summed E-state index contributed by atoms with van der Waals surface area (Å²) in [5.41, 5.74) is 0. The topological polar surface area (TPSA) is 21.2 Å². The number of amidine groups is 1. The van der Waals surface area contributed by atoms with Gasteiger partial charge in [0.1, 0.15) is 0 Å². The molecule has 20 heavy (non-hydrogen) atoms. The summed E-state index contributed by atoms with van der Waals surface area (Å²) in [5, 5.41) is 1.26. The van der Waals surface area contributed by atoms with Gasteiger partial charge in [0.05, 0.1) is 45.0 Å². The molecule has 0 spiro atoms. The Balaban J connectivity index is -0.00000144. The van der Waals surface area contributed by atoms with Crippen molar-refractivity contribution in [2.24, 2.45) is 4.99 Å². The first-order chi connectivity index (χ1) is 8.73. The number of rotatable bonds is 9. The zero-order valence-corrected chi connectivity index (χ0v) is 17.3. The molecule has 0 aliphatic carbocycles. The Morgan fingerprint density at radius 3 is 2.00 bits per heavy atom. The van der Waals surface area contributed by atoms with Crippen molar-refractivity contribution < 1.29 is 43.8 Å². The standard InChI is InChI=1S/C14H29N3S.2BrH/c1-6-11-15-14(17(9-4)10-5)18-13-12-16(7-2)8-3;;/h6H,1,7-13H2,2-5H3;2*1H. The molecule has 0 aromatic carbocycles. The van der Waals surface area contributed by atoms with E-state index >= 15 is 0 Å². The molecular formula is C14H31Br2N3S. The Kier molecular flexibility index (Phi) is 22.6. The molecule has 6 heteroatoms. The predicted molar refractivity (Wildman–Crippen MR) is 83.9 cm³/mol. The van der Waals surface area contributed by atoms with Crippen LogP contribution in [0, 0.1) is 0 Å². The molecule has 0 aliphatic heterocycles. The van der Waals surface area contributed by atoms with Gasteiger partial charge in [-0.3, -0.25) is 4.90 Å². The highest BCUT2D eigenvalue weighted by atomic mass is 79.9. The summed E-state index contributed by atoms with van der Waals surface area (Å²) in [7, 11) is 0. The predicted octanol–water partition coefficient (Wildman–Crippen LogP) is -5.88. The van der Waals surface area contributed by atoms with Crippen LogP contribution in [0.1, 0.15) is 27.7 Å². The van der Waals surface area contributed by atoms with E-state index in [1.807, 2.05) is 17.8 Å². The van der Waals surface area contributed by atoms with Gasteiger partial charge in [-0.25, -0.2) is 4.99 Å². The molecule has 0 aromatic rings. The zero-order valence-electron chi connectivity index (χ0n) is 13.3. The van der Waals surface area contributed by atoms with Crippen molar-refractivity contribution in [3.05, 3.63) is 12.7 Å². The van der Waals surface area contributed by atoms with Gasteiger partial charge < -0.3 is 38.9 Å². The van der Waals surface area contributed by atoms with E-state index in [1.54, 1.807) is 4.90 Å². The number of halogens is 2. The van der Waals surface area contributed by atoms with Crippen LogP contribution in [0.3, 0.4) is 0 Å². The van der Waals surface area contributed by atoms with Crippen molar-refractivity contribution in [1.29, 1.82) is 0 Å². The maximum absolute atomic E-state index is 4.65. The summed E-state index contributed by atoms with van der Waals surface area (Å²) in [6, 6.07) is 0. The minimum atomic E-state index is 0. The third kappa shape index (κ3) is 11.3. The van der Waals surface area contributed by atoms with Gasteiger partial charge in [-0.2, -0.15) is 0 Å². The molecule has 122 valence electrons. The lowest BCUT2D eigenvalue weighted by Gasteiger charge is -2.18. The number of aliphatic imine (C=N–C) groups is 1. The minimum absolute atomic E-state index is 0.